The second kappa shape index (κ2) is 3.07. The molecule has 1 saturated heterocycles. The van der Waals surface area contributed by atoms with E-state index in [1.807, 2.05) is 6.92 Å². The number of aliphatic hydroxyl groups is 1. The molecule has 2 nitrogen and oxygen atoms in total. The fraction of sp³-hybridized carbons (Fsp3) is 0.833. The van der Waals surface area contributed by atoms with Crippen LogP contribution in [0.2, 0.25) is 0 Å². The van der Waals surface area contributed by atoms with E-state index in [0.717, 1.165) is 0 Å². The Hall–Kier alpha value is -0.340. The van der Waals surface area contributed by atoms with Gasteiger partial charge in [-0.15, -0.1) is 0 Å². The lowest BCUT2D eigenvalue weighted by molar-refractivity contribution is -0.197. The van der Waals surface area contributed by atoms with Crippen molar-refractivity contribution >= 4 is 0 Å². The molecular weight excluding hydrogens is 176 g/mol. The van der Waals surface area contributed by atoms with Gasteiger partial charge in [0.05, 0.1) is 5.60 Å². The molecule has 0 radical (unpaired) electrons. The standard InChI is InChI=1S/C12H22O2/c1-9(2)7-11(5)10(3,4)8-12(6,13)14-11/h7,13H,8H2,1-6H3. The maximum Gasteiger partial charge on any atom is 0.164 e. The fourth-order valence-corrected chi connectivity index (χ4v) is 2.40. The predicted molar refractivity (Wildman–Crippen MR) is 57.9 cm³/mol. The van der Waals surface area contributed by atoms with Crippen molar-refractivity contribution in [2.75, 3.05) is 0 Å². The molecular formula is C12H22O2. The number of hydrogen-bond donors (Lipinski definition) is 1. The molecule has 0 amide bonds. The lowest BCUT2D eigenvalue weighted by Gasteiger charge is -2.34. The van der Waals surface area contributed by atoms with Crippen LogP contribution >= 0.6 is 0 Å². The van der Waals surface area contributed by atoms with Crippen LogP contribution in [0.15, 0.2) is 11.6 Å². The minimum Gasteiger partial charge on any atom is -0.366 e. The van der Waals surface area contributed by atoms with Crippen LogP contribution in [0.4, 0.5) is 0 Å². The summed E-state index contributed by atoms with van der Waals surface area (Å²) in [6.45, 7) is 12.2. The first-order valence-corrected chi connectivity index (χ1v) is 5.17. The Morgan fingerprint density at radius 3 is 2.00 bits per heavy atom. The van der Waals surface area contributed by atoms with Crippen LogP contribution in [-0.4, -0.2) is 16.5 Å². The summed E-state index contributed by atoms with van der Waals surface area (Å²) in [7, 11) is 0. The molecule has 1 aliphatic heterocycles. The number of ether oxygens (including phenoxy) is 1. The summed E-state index contributed by atoms with van der Waals surface area (Å²) >= 11 is 0. The minimum absolute atomic E-state index is 0.0340. The summed E-state index contributed by atoms with van der Waals surface area (Å²) in [5.74, 6) is -0.996. The van der Waals surface area contributed by atoms with Crippen molar-refractivity contribution in [3.8, 4) is 0 Å². The Bertz CT molecular complexity index is 259. The third kappa shape index (κ3) is 2.01. The van der Waals surface area contributed by atoms with Gasteiger partial charge in [0, 0.05) is 11.8 Å². The first-order chi connectivity index (χ1) is 6.08. The van der Waals surface area contributed by atoms with E-state index in [1.165, 1.54) is 5.57 Å². The van der Waals surface area contributed by atoms with Crippen molar-refractivity contribution in [3.63, 3.8) is 0 Å². The van der Waals surface area contributed by atoms with Crippen LogP contribution in [-0.2, 0) is 4.74 Å². The third-order valence-corrected chi connectivity index (χ3v) is 3.11. The van der Waals surface area contributed by atoms with Crippen LogP contribution in [0.3, 0.4) is 0 Å². The van der Waals surface area contributed by atoms with Crippen LogP contribution in [0, 0.1) is 5.41 Å². The molecule has 0 aliphatic carbocycles. The van der Waals surface area contributed by atoms with Crippen molar-refractivity contribution in [1.29, 1.82) is 0 Å². The lowest BCUT2D eigenvalue weighted by atomic mass is 9.74. The molecule has 2 unspecified atom stereocenters. The molecule has 1 aliphatic rings. The van der Waals surface area contributed by atoms with Gasteiger partial charge in [0.25, 0.3) is 0 Å². The van der Waals surface area contributed by atoms with E-state index in [1.54, 1.807) is 6.92 Å². The molecule has 1 N–H and O–H groups in total. The maximum atomic E-state index is 9.93. The van der Waals surface area contributed by atoms with Gasteiger partial charge in [-0.1, -0.05) is 25.5 Å². The molecule has 14 heavy (non-hydrogen) atoms. The van der Waals surface area contributed by atoms with Gasteiger partial charge in [0.1, 0.15) is 0 Å². The maximum absolute atomic E-state index is 9.93. The molecule has 0 aromatic carbocycles. The Labute approximate surface area is 87.0 Å². The Morgan fingerprint density at radius 2 is 1.71 bits per heavy atom. The number of allylic oxidation sites excluding steroid dienone is 1. The average Bonchev–Trinajstić information content (AvgIpc) is 1.91. The van der Waals surface area contributed by atoms with Gasteiger partial charge >= 0.3 is 0 Å². The molecule has 2 heteroatoms. The zero-order valence-electron chi connectivity index (χ0n) is 10.1. The van der Waals surface area contributed by atoms with Crippen molar-refractivity contribution in [2.45, 2.75) is 59.4 Å². The molecule has 0 spiro atoms. The first kappa shape index (κ1) is 11.7. The highest BCUT2D eigenvalue weighted by Gasteiger charge is 2.54. The molecule has 1 fully saturated rings. The van der Waals surface area contributed by atoms with E-state index < -0.39 is 5.79 Å². The van der Waals surface area contributed by atoms with Gasteiger partial charge in [-0.25, -0.2) is 0 Å². The molecule has 0 saturated carbocycles. The molecule has 1 rings (SSSR count). The van der Waals surface area contributed by atoms with Crippen molar-refractivity contribution in [2.24, 2.45) is 5.41 Å². The average molecular weight is 198 g/mol. The largest absolute Gasteiger partial charge is 0.366 e. The summed E-state index contributed by atoms with van der Waals surface area (Å²) in [6, 6.07) is 0. The molecule has 2 atom stereocenters. The molecule has 0 aromatic heterocycles. The molecule has 0 bridgehead atoms. The van der Waals surface area contributed by atoms with Crippen LogP contribution in [0.5, 0.6) is 0 Å². The minimum atomic E-state index is -0.996. The van der Waals surface area contributed by atoms with E-state index in [-0.39, 0.29) is 11.0 Å². The number of hydrogen-bond acceptors (Lipinski definition) is 2. The molecule has 82 valence electrons. The van der Waals surface area contributed by atoms with Crippen molar-refractivity contribution < 1.29 is 9.84 Å². The highest BCUT2D eigenvalue weighted by Crippen LogP contribution is 2.50. The Kier molecular flexibility index (Phi) is 2.58. The smallest absolute Gasteiger partial charge is 0.164 e. The topological polar surface area (TPSA) is 29.5 Å². The van der Waals surface area contributed by atoms with E-state index in [2.05, 4.69) is 33.8 Å². The Morgan fingerprint density at radius 1 is 1.21 bits per heavy atom. The monoisotopic (exact) mass is 198 g/mol. The summed E-state index contributed by atoms with van der Waals surface area (Å²) < 4.78 is 5.74. The predicted octanol–water partition coefficient (Wildman–Crippen LogP) is 2.87. The van der Waals surface area contributed by atoms with Crippen molar-refractivity contribution in [1.82, 2.24) is 0 Å². The lowest BCUT2D eigenvalue weighted by Crippen LogP contribution is -2.37. The van der Waals surface area contributed by atoms with E-state index in [4.69, 9.17) is 4.74 Å². The first-order valence-electron chi connectivity index (χ1n) is 5.17. The van der Waals surface area contributed by atoms with Gasteiger partial charge in [0.2, 0.25) is 0 Å². The SMILES string of the molecule is CC(C)=CC1(C)OC(C)(O)CC1(C)C. The zero-order valence-corrected chi connectivity index (χ0v) is 10.1. The third-order valence-electron chi connectivity index (χ3n) is 3.11. The van der Waals surface area contributed by atoms with Gasteiger partial charge in [-0.3, -0.25) is 0 Å². The van der Waals surface area contributed by atoms with Gasteiger partial charge in [-0.05, 0) is 27.7 Å². The molecule has 1 heterocycles. The van der Waals surface area contributed by atoms with Crippen molar-refractivity contribution in [3.05, 3.63) is 11.6 Å². The van der Waals surface area contributed by atoms with Crippen LogP contribution < -0.4 is 0 Å². The highest BCUT2D eigenvalue weighted by molar-refractivity contribution is 5.15. The van der Waals surface area contributed by atoms with Gasteiger partial charge < -0.3 is 9.84 Å². The second-order valence-electron chi connectivity index (χ2n) is 5.67. The Balaban J connectivity index is 3.05. The quantitative estimate of drug-likeness (QED) is 0.656. The van der Waals surface area contributed by atoms with Crippen LogP contribution in [0.25, 0.3) is 0 Å². The summed E-state index contributed by atoms with van der Waals surface area (Å²) in [5, 5.41) is 9.93. The normalized spacial score (nSPS) is 41.1. The van der Waals surface area contributed by atoms with E-state index >= 15 is 0 Å². The summed E-state index contributed by atoms with van der Waals surface area (Å²) in [5.41, 5.74) is 0.821. The second-order valence-corrected chi connectivity index (χ2v) is 5.67. The summed E-state index contributed by atoms with van der Waals surface area (Å²) in [6.07, 6.45) is 2.77. The van der Waals surface area contributed by atoms with E-state index in [9.17, 15) is 5.11 Å². The van der Waals surface area contributed by atoms with Gasteiger partial charge in [0.15, 0.2) is 5.79 Å². The van der Waals surface area contributed by atoms with Gasteiger partial charge in [-0.2, -0.15) is 0 Å². The molecule has 0 aromatic rings. The van der Waals surface area contributed by atoms with E-state index in [0.29, 0.717) is 6.42 Å². The zero-order chi connectivity index (χ0) is 11.2. The number of rotatable bonds is 1. The van der Waals surface area contributed by atoms with Crippen LogP contribution in [0.1, 0.15) is 48.0 Å². The summed E-state index contributed by atoms with van der Waals surface area (Å²) in [4.78, 5) is 0. The fourth-order valence-electron chi connectivity index (χ4n) is 2.40. The highest BCUT2D eigenvalue weighted by atomic mass is 16.6.